The van der Waals surface area contributed by atoms with E-state index in [1.54, 1.807) is 0 Å². The lowest BCUT2D eigenvalue weighted by Crippen LogP contribution is -2.25. The molecule has 1 aromatic rings. The van der Waals surface area contributed by atoms with E-state index >= 15 is 0 Å². The number of amides is 2. The number of anilines is 2. The third-order valence-corrected chi connectivity index (χ3v) is 5.37. The zero-order chi connectivity index (χ0) is 18.5. The Balaban J connectivity index is 1.67. The van der Waals surface area contributed by atoms with Crippen LogP contribution in [0.5, 0.6) is 0 Å². The van der Waals surface area contributed by atoms with Crippen LogP contribution >= 0.6 is 0 Å². The smallest absolute Gasteiger partial charge is 0.227 e. The SMILES string of the molecule is Cc1cc(NC(=O)C2CC=CCC2)c(C)cc1NC(=O)C1CC=CCC1. The Labute approximate surface area is 155 Å². The van der Waals surface area contributed by atoms with E-state index in [2.05, 4.69) is 34.9 Å². The fourth-order valence-electron chi connectivity index (χ4n) is 3.62. The Kier molecular flexibility index (Phi) is 5.92. The van der Waals surface area contributed by atoms with Crippen molar-refractivity contribution in [3.05, 3.63) is 47.6 Å². The lowest BCUT2D eigenvalue weighted by molar-refractivity contribution is -0.120. The Hall–Kier alpha value is -2.36. The lowest BCUT2D eigenvalue weighted by atomic mass is 9.93. The second kappa shape index (κ2) is 8.35. The third-order valence-electron chi connectivity index (χ3n) is 5.37. The number of hydrogen-bond acceptors (Lipinski definition) is 2. The first-order valence-corrected chi connectivity index (χ1v) is 9.57. The zero-order valence-electron chi connectivity index (χ0n) is 15.7. The minimum atomic E-state index is 0.0541. The topological polar surface area (TPSA) is 58.2 Å². The summed E-state index contributed by atoms with van der Waals surface area (Å²) in [6.07, 6.45) is 13.8. The molecule has 0 aliphatic heterocycles. The Morgan fingerprint density at radius 2 is 1.19 bits per heavy atom. The summed E-state index contributed by atoms with van der Waals surface area (Å²) < 4.78 is 0. The molecule has 3 rings (SSSR count). The van der Waals surface area contributed by atoms with Crippen molar-refractivity contribution in [2.24, 2.45) is 11.8 Å². The Morgan fingerprint density at radius 1 is 0.769 bits per heavy atom. The van der Waals surface area contributed by atoms with Crippen molar-refractivity contribution in [3.8, 4) is 0 Å². The standard InChI is InChI=1S/C22H28N2O2/c1-15-13-20(24-22(26)18-11-7-4-8-12-18)16(2)14-19(15)23-21(25)17-9-5-3-6-10-17/h3-5,7,13-14,17-18H,6,8-12H2,1-2H3,(H,23,25)(H,24,26). The molecule has 0 heterocycles. The van der Waals surface area contributed by atoms with Crippen molar-refractivity contribution >= 4 is 23.2 Å². The molecule has 0 radical (unpaired) electrons. The van der Waals surface area contributed by atoms with Gasteiger partial charge in [-0.3, -0.25) is 9.59 Å². The second-order valence-electron chi connectivity index (χ2n) is 7.42. The first-order chi connectivity index (χ1) is 12.5. The number of hydrogen-bond donors (Lipinski definition) is 2. The molecular weight excluding hydrogens is 324 g/mol. The number of allylic oxidation sites excluding steroid dienone is 4. The quantitative estimate of drug-likeness (QED) is 0.758. The summed E-state index contributed by atoms with van der Waals surface area (Å²) in [7, 11) is 0. The van der Waals surface area contributed by atoms with Gasteiger partial charge in [-0.05, 0) is 75.6 Å². The summed E-state index contributed by atoms with van der Waals surface area (Å²) in [5, 5.41) is 6.14. The average molecular weight is 352 g/mol. The number of nitrogens with one attached hydrogen (secondary N) is 2. The molecule has 2 N–H and O–H groups in total. The van der Waals surface area contributed by atoms with Crippen molar-refractivity contribution < 1.29 is 9.59 Å². The van der Waals surface area contributed by atoms with Crippen molar-refractivity contribution in [3.63, 3.8) is 0 Å². The minimum absolute atomic E-state index is 0.0541. The monoisotopic (exact) mass is 352 g/mol. The van der Waals surface area contributed by atoms with Crippen molar-refractivity contribution in [1.29, 1.82) is 0 Å². The van der Waals surface area contributed by atoms with Gasteiger partial charge in [0.15, 0.2) is 0 Å². The first kappa shape index (κ1) is 18.4. The fraction of sp³-hybridized carbons (Fsp3) is 0.455. The van der Waals surface area contributed by atoms with Crippen LogP contribution in [0.4, 0.5) is 11.4 Å². The van der Waals surface area contributed by atoms with Gasteiger partial charge in [-0.15, -0.1) is 0 Å². The van der Waals surface area contributed by atoms with E-state index < -0.39 is 0 Å². The van der Waals surface area contributed by atoms with E-state index in [0.29, 0.717) is 0 Å². The minimum Gasteiger partial charge on any atom is -0.326 e. The fourth-order valence-corrected chi connectivity index (χ4v) is 3.62. The zero-order valence-corrected chi connectivity index (χ0v) is 15.7. The summed E-state index contributed by atoms with van der Waals surface area (Å²) in [6, 6.07) is 3.92. The predicted octanol–water partition coefficient (Wildman–Crippen LogP) is 4.89. The van der Waals surface area contributed by atoms with Crippen molar-refractivity contribution in [1.82, 2.24) is 0 Å². The molecule has 0 saturated heterocycles. The number of carbonyl (C=O) groups is 2. The number of carbonyl (C=O) groups excluding carboxylic acids is 2. The van der Waals surface area contributed by atoms with Crippen LogP contribution in [0.15, 0.2) is 36.4 Å². The van der Waals surface area contributed by atoms with Crippen LogP contribution in [0.2, 0.25) is 0 Å². The highest BCUT2D eigenvalue weighted by molar-refractivity contribution is 5.96. The average Bonchev–Trinajstić information content (AvgIpc) is 2.67. The molecule has 26 heavy (non-hydrogen) atoms. The largest absolute Gasteiger partial charge is 0.326 e. The summed E-state index contributed by atoms with van der Waals surface area (Å²) in [4.78, 5) is 25.0. The normalized spacial score (nSPS) is 22.1. The van der Waals surface area contributed by atoms with E-state index in [-0.39, 0.29) is 23.7 Å². The number of rotatable bonds is 4. The predicted molar refractivity (Wildman–Crippen MR) is 106 cm³/mol. The van der Waals surface area contributed by atoms with E-state index in [9.17, 15) is 9.59 Å². The van der Waals surface area contributed by atoms with Gasteiger partial charge in [0.25, 0.3) is 0 Å². The van der Waals surface area contributed by atoms with E-state index in [4.69, 9.17) is 0 Å². The molecule has 4 nitrogen and oxygen atoms in total. The molecule has 0 aromatic heterocycles. The molecule has 138 valence electrons. The molecule has 2 unspecified atom stereocenters. The van der Waals surface area contributed by atoms with Crippen LogP contribution < -0.4 is 10.6 Å². The second-order valence-corrected chi connectivity index (χ2v) is 7.42. The maximum Gasteiger partial charge on any atom is 0.227 e. The molecule has 0 fully saturated rings. The summed E-state index contributed by atoms with van der Waals surface area (Å²) >= 11 is 0. The molecule has 0 bridgehead atoms. The van der Waals surface area contributed by atoms with Gasteiger partial charge in [-0.1, -0.05) is 24.3 Å². The van der Waals surface area contributed by atoms with E-state index in [1.807, 2.05) is 26.0 Å². The lowest BCUT2D eigenvalue weighted by Gasteiger charge is -2.21. The van der Waals surface area contributed by atoms with Gasteiger partial charge in [-0.2, -0.15) is 0 Å². The first-order valence-electron chi connectivity index (χ1n) is 9.57. The Bertz CT molecular complexity index is 685. The van der Waals surface area contributed by atoms with Gasteiger partial charge in [-0.25, -0.2) is 0 Å². The summed E-state index contributed by atoms with van der Waals surface area (Å²) in [5.41, 5.74) is 3.60. The molecule has 2 atom stereocenters. The maximum atomic E-state index is 12.5. The van der Waals surface area contributed by atoms with Gasteiger partial charge >= 0.3 is 0 Å². The van der Waals surface area contributed by atoms with Crippen LogP contribution in [-0.2, 0) is 9.59 Å². The Morgan fingerprint density at radius 3 is 1.54 bits per heavy atom. The highest BCUT2D eigenvalue weighted by atomic mass is 16.2. The highest BCUT2D eigenvalue weighted by Crippen LogP contribution is 2.28. The molecule has 4 heteroatoms. The van der Waals surface area contributed by atoms with Crippen LogP contribution in [0.1, 0.15) is 49.7 Å². The van der Waals surface area contributed by atoms with Gasteiger partial charge in [0.05, 0.1) is 0 Å². The third kappa shape index (κ3) is 4.43. The van der Waals surface area contributed by atoms with E-state index in [1.165, 1.54) is 0 Å². The molecule has 0 spiro atoms. The van der Waals surface area contributed by atoms with Gasteiger partial charge in [0.1, 0.15) is 0 Å². The maximum absolute atomic E-state index is 12.5. The molecule has 2 aliphatic carbocycles. The molecule has 1 aromatic carbocycles. The highest BCUT2D eigenvalue weighted by Gasteiger charge is 2.21. The van der Waals surface area contributed by atoms with Gasteiger partial charge in [0.2, 0.25) is 11.8 Å². The van der Waals surface area contributed by atoms with Gasteiger partial charge < -0.3 is 10.6 Å². The summed E-state index contributed by atoms with van der Waals surface area (Å²) in [6.45, 7) is 3.93. The van der Waals surface area contributed by atoms with Crippen molar-refractivity contribution in [2.45, 2.75) is 52.4 Å². The molecule has 2 amide bonds. The molecular formula is C22H28N2O2. The van der Waals surface area contributed by atoms with E-state index in [0.717, 1.165) is 61.0 Å². The molecule has 2 aliphatic rings. The van der Waals surface area contributed by atoms with Gasteiger partial charge in [0, 0.05) is 23.2 Å². The number of benzene rings is 1. The van der Waals surface area contributed by atoms with Crippen LogP contribution in [0.3, 0.4) is 0 Å². The van der Waals surface area contributed by atoms with Crippen molar-refractivity contribution in [2.75, 3.05) is 10.6 Å². The van der Waals surface area contributed by atoms with Crippen LogP contribution in [0, 0.1) is 25.7 Å². The summed E-state index contributed by atoms with van der Waals surface area (Å²) in [5.74, 6) is 0.280. The van der Waals surface area contributed by atoms with Crippen LogP contribution in [-0.4, -0.2) is 11.8 Å². The number of aryl methyl sites for hydroxylation is 2. The molecule has 0 saturated carbocycles. The van der Waals surface area contributed by atoms with Crippen LogP contribution in [0.25, 0.3) is 0 Å².